The molecule has 1 saturated heterocycles. The third-order valence-electron chi connectivity index (χ3n) is 5.51. The Morgan fingerprint density at radius 1 is 1.10 bits per heavy atom. The molecule has 1 N–H and O–H groups in total. The number of ether oxygens (including phenoxy) is 1. The average Bonchev–Trinajstić information content (AvgIpc) is 2.72. The van der Waals surface area contributed by atoms with Crippen molar-refractivity contribution in [1.82, 2.24) is 9.88 Å². The van der Waals surface area contributed by atoms with Crippen molar-refractivity contribution >= 4 is 28.2 Å². The van der Waals surface area contributed by atoms with Gasteiger partial charge in [-0.15, -0.1) is 0 Å². The smallest absolute Gasteiger partial charge is 0.248 e. The van der Waals surface area contributed by atoms with Crippen LogP contribution in [0.2, 0.25) is 5.02 Å². The van der Waals surface area contributed by atoms with E-state index in [1.54, 1.807) is 0 Å². The van der Waals surface area contributed by atoms with Crippen molar-refractivity contribution in [3.05, 3.63) is 70.0 Å². The summed E-state index contributed by atoms with van der Waals surface area (Å²) in [5.74, 6) is 0.838. The summed E-state index contributed by atoms with van der Waals surface area (Å²) in [5, 5.41) is 1.76. The maximum absolute atomic E-state index is 11.4. The molecule has 1 unspecified atom stereocenters. The van der Waals surface area contributed by atoms with E-state index in [0.717, 1.165) is 54.3 Å². The molecule has 1 aromatic heterocycles. The van der Waals surface area contributed by atoms with Crippen molar-refractivity contribution in [3.63, 3.8) is 0 Å². The van der Waals surface area contributed by atoms with Gasteiger partial charge in [0.05, 0.1) is 6.61 Å². The first-order valence-corrected chi connectivity index (χ1v) is 10.5. The first-order valence-electron chi connectivity index (χ1n) is 10.1. The molecule has 152 valence electrons. The Hall–Kier alpha value is -2.50. The van der Waals surface area contributed by atoms with Crippen LogP contribution in [0.4, 0.5) is 5.69 Å². The number of halogens is 1. The van der Waals surface area contributed by atoms with E-state index < -0.39 is 0 Å². The van der Waals surface area contributed by atoms with E-state index in [0.29, 0.717) is 12.6 Å². The Morgan fingerprint density at radius 2 is 1.93 bits per heavy atom. The van der Waals surface area contributed by atoms with Crippen molar-refractivity contribution in [2.45, 2.75) is 19.4 Å². The fraction of sp³-hybridized carbons (Fsp3) is 0.348. The minimum Gasteiger partial charge on any atom is -0.494 e. The van der Waals surface area contributed by atoms with Gasteiger partial charge in [-0.3, -0.25) is 9.69 Å². The number of fused-ring (bicyclic) bond motifs is 1. The predicted octanol–water partition coefficient (Wildman–Crippen LogP) is 4.16. The van der Waals surface area contributed by atoms with Gasteiger partial charge in [-0.2, -0.15) is 0 Å². The van der Waals surface area contributed by atoms with Gasteiger partial charge in [0.1, 0.15) is 5.75 Å². The quantitative estimate of drug-likeness (QED) is 0.619. The van der Waals surface area contributed by atoms with Crippen molar-refractivity contribution in [2.75, 3.05) is 37.7 Å². The first kappa shape index (κ1) is 19.8. The van der Waals surface area contributed by atoms with Gasteiger partial charge >= 0.3 is 0 Å². The number of anilines is 1. The molecule has 2 heterocycles. The Balaban J connectivity index is 1.24. The summed E-state index contributed by atoms with van der Waals surface area (Å²) in [4.78, 5) is 19.1. The molecule has 2 aromatic carbocycles. The van der Waals surface area contributed by atoms with Crippen molar-refractivity contribution in [2.24, 2.45) is 0 Å². The Labute approximate surface area is 175 Å². The van der Waals surface area contributed by atoms with Gasteiger partial charge in [-0.25, -0.2) is 0 Å². The zero-order valence-corrected chi connectivity index (χ0v) is 17.4. The zero-order valence-electron chi connectivity index (χ0n) is 16.6. The second-order valence-corrected chi connectivity index (χ2v) is 8.02. The molecule has 1 fully saturated rings. The van der Waals surface area contributed by atoms with E-state index in [1.807, 2.05) is 36.4 Å². The van der Waals surface area contributed by atoms with Gasteiger partial charge in [-0.05, 0) is 61.9 Å². The summed E-state index contributed by atoms with van der Waals surface area (Å²) in [6.07, 6.45) is 0.981. The molecule has 1 aliphatic rings. The third kappa shape index (κ3) is 4.92. The number of nitrogens with zero attached hydrogens (tertiary/aromatic N) is 2. The Bertz CT molecular complexity index is 1020. The molecule has 0 bridgehead atoms. The van der Waals surface area contributed by atoms with E-state index in [2.05, 4.69) is 33.8 Å². The lowest BCUT2D eigenvalue weighted by atomic mass is 10.1. The molecule has 0 aliphatic carbocycles. The summed E-state index contributed by atoms with van der Waals surface area (Å²) in [6.45, 7) is 7.08. The SMILES string of the molecule is CC1CN(c2ccc(Cl)cc2)CCN1CCCOc1ccc2[nH]c(=O)ccc2c1. The molecule has 6 heteroatoms. The maximum Gasteiger partial charge on any atom is 0.248 e. The van der Waals surface area contributed by atoms with Gasteiger partial charge in [0.15, 0.2) is 0 Å². The number of H-pyrrole nitrogens is 1. The number of aromatic nitrogens is 1. The summed E-state index contributed by atoms with van der Waals surface area (Å²) < 4.78 is 5.93. The number of benzene rings is 2. The highest BCUT2D eigenvalue weighted by Crippen LogP contribution is 2.22. The molecular weight excluding hydrogens is 386 g/mol. The van der Waals surface area contributed by atoms with Gasteiger partial charge in [0.25, 0.3) is 0 Å². The molecule has 5 nitrogen and oxygen atoms in total. The van der Waals surface area contributed by atoms with Crippen LogP contribution in [-0.4, -0.2) is 48.7 Å². The molecule has 0 amide bonds. The lowest BCUT2D eigenvalue weighted by Crippen LogP contribution is -2.52. The molecular formula is C23H26ClN3O2. The number of nitrogens with one attached hydrogen (secondary N) is 1. The Morgan fingerprint density at radius 3 is 2.72 bits per heavy atom. The highest BCUT2D eigenvalue weighted by Gasteiger charge is 2.23. The highest BCUT2D eigenvalue weighted by atomic mass is 35.5. The maximum atomic E-state index is 11.4. The summed E-state index contributed by atoms with van der Waals surface area (Å²) in [7, 11) is 0. The zero-order chi connectivity index (χ0) is 20.2. The molecule has 1 aliphatic heterocycles. The number of piperazine rings is 1. The first-order chi connectivity index (χ1) is 14.1. The van der Waals surface area contributed by atoms with Gasteiger partial charge < -0.3 is 14.6 Å². The van der Waals surface area contributed by atoms with Crippen molar-refractivity contribution < 1.29 is 4.74 Å². The summed E-state index contributed by atoms with van der Waals surface area (Å²) in [6, 6.07) is 17.7. The molecule has 0 saturated carbocycles. The monoisotopic (exact) mass is 411 g/mol. The van der Waals surface area contributed by atoms with E-state index in [1.165, 1.54) is 11.8 Å². The summed E-state index contributed by atoms with van der Waals surface area (Å²) >= 11 is 6.00. The van der Waals surface area contributed by atoms with Crippen LogP contribution in [0.1, 0.15) is 13.3 Å². The third-order valence-corrected chi connectivity index (χ3v) is 5.76. The molecule has 29 heavy (non-hydrogen) atoms. The van der Waals surface area contributed by atoms with Crippen LogP contribution < -0.4 is 15.2 Å². The predicted molar refractivity (Wildman–Crippen MR) is 119 cm³/mol. The summed E-state index contributed by atoms with van der Waals surface area (Å²) in [5.41, 5.74) is 1.98. The molecule has 4 rings (SSSR count). The number of pyridine rings is 1. The molecule has 3 aromatic rings. The van der Waals surface area contributed by atoms with Crippen LogP contribution in [0.5, 0.6) is 5.75 Å². The van der Waals surface area contributed by atoms with Gasteiger partial charge in [0, 0.05) is 59.9 Å². The normalized spacial score (nSPS) is 17.6. The van der Waals surface area contributed by atoms with E-state index in [9.17, 15) is 4.79 Å². The number of aromatic amines is 1. The number of hydrogen-bond acceptors (Lipinski definition) is 4. The van der Waals surface area contributed by atoms with Crippen LogP contribution in [0.3, 0.4) is 0 Å². The highest BCUT2D eigenvalue weighted by molar-refractivity contribution is 6.30. The lowest BCUT2D eigenvalue weighted by molar-refractivity contribution is 0.173. The van der Waals surface area contributed by atoms with E-state index >= 15 is 0 Å². The lowest BCUT2D eigenvalue weighted by Gasteiger charge is -2.41. The fourth-order valence-corrected chi connectivity index (χ4v) is 4.02. The van der Waals surface area contributed by atoms with Crippen LogP contribution in [0.15, 0.2) is 59.4 Å². The molecule has 1 atom stereocenters. The van der Waals surface area contributed by atoms with E-state index in [4.69, 9.17) is 16.3 Å². The van der Waals surface area contributed by atoms with Gasteiger partial charge in [0.2, 0.25) is 5.56 Å². The van der Waals surface area contributed by atoms with Crippen LogP contribution in [0, 0.1) is 0 Å². The topological polar surface area (TPSA) is 48.6 Å². The largest absolute Gasteiger partial charge is 0.494 e. The fourth-order valence-electron chi connectivity index (χ4n) is 3.89. The van der Waals surface area contributed by atoms with Crippen LogP contribution in [-0.2, 0) is 0 Å². The van der Waals surface area contributed by atoms with E-state index in [-0.39, 0.29) is 5.56 Å². The standard InChI is InChI=1S/C23H26ClN3O2/c1-17-16-27(20-6-4-19(24)5-7-20)13-12-26(17)11-2-14-29-21-8-9-22-18(15-21)3-10-23(28)25-22/h3-10,15,17H,2,11-14,16H2,1H3,(H,25,28). The molecule has 0 radical (unpaired) electrons. The van der Waals surface area contributed by atoms with Crippen molar-refractivity contribution in [3.8, 4) is 5.75 Å². The number of hydrogen-bond donors (Lipinski definition) is 1. The minimum absolute atomic E-state index is 0.0866. The van der Waals surface area contributed by atoms with Crippen LogP contribution >= 0.6 is 11.6 Å². The van der Waals surface area contributed by atoms with Crippen LogP contribution in [0.25, 0.3) is 10.9 Å². The second kappa shape index (κ2) is 8.89. The second-order valence-electron chi connectivity index (χ2n) is 7.58. The minimum atomic E-state index is -0.0866. The van der Waals surface area contributed by atoms with Crippen molar-refractivity contribution in [1.29, 1.82) is 0 Å². The average molecular weight is 412 g/mol. The molecule has 0 spiro atoms. The number of rotatable bonds is 6. The van der Waals surface area contributed by atoms with Gasteiger partial charge in [-0.1, -0.05) is 11.6 Å². The Kier molecular flexibility index (Phi) is 6.07.